The van der Waals surface area contributed by atoms with E-state index < -0.39 is 5.92 Å². The van der Waals surface area contributed by atoms with Gasteiger partial charge in [-0.25, -0.2) is 4.98 Å². The summed E-state index contributed by atoms with van der Waals surface area (Å²) in [4.78, 5) is 31.0. The molecule has 8 heteroatoms. The second-order valence-corrected chi connectivity index (χ2v) is 6.85. The SMILES string of the molecule is Cc1nc2cc(NC(=O)[C@H]3CC(=O)N(c4ccc5c(c4)OCO5)C3)ccc2o1. The lowest BCUT2D eigenvalue weighted by Gasteiger charge is -2.17. The molecule has 0 radical (unpaired) electrons. The van der Waals surface area contributed by atoms with Crippen LogP contribution in [0, 0.1) is 12.8 Å². The lowest BCUT2D eigenvalue weighted by molar-refractivity contribution is -0.122. The molecule has 0 aliphatic carbocycles. The number of anilines is 2. The third kappa shape index (κ3) is 2.83. The maximum atomic E-state index is 12.7. The van der Waals surface area contributed by atoms with E-state index in [-0.39, 0.29) is 25.0 Å². The predicted molar refractivity (Wildman–Crippen MR) is 100 cm³/mol. The molecule has 3 heterocycles. The van der Waals surface area contributed by atoms with E-state index in [0.717, 1.165) is 0 Å². The van der Waals surface area contributed by atoms with Gasteiger partial charge in [0.15, 0.2) is 23.0 Å². The molecule has 3 aromatic rings. The highest BCUT2D eigenvalue weighted by atomic mass is 16.7. The predicted octanol–water partition coefficient (Wildman–Crippen LogP) is 2.86. The number of fused-ring (bicyclic) bond motifs is 2. The van der Waals surface area contributed by atoms with Gasteiger partial charge in [0.25, 0.3) is 0 Å². The Balaban J connectivity index is 1.31. The quantitative estimate of drug-likeness (QED) is 0.752. The van der Waals surface area contributed by atoms with Crippen molar-refractivity contribution in [3.8, 4) is 11.5 Å². The van der Waals surface area contributed by atoms with Gasteiger partial charge in [-0.3, -0.25) is 9.59 Å². The summed E-state index contributed by atoms with van der Waals surface area (Å²) in [5.41, 5.74) is 2.67. The Morgan fingerprint density at radius 3 is 2.93 bits per heavy atom. The fourth-order valence-corrected chi connectivity index (χ4v) is 3.55. The number of ether oxygens (including phenoxy) is 2. The van der Waals surface area contributed by atoms with Gasteiger partial charge in [-0.15, -0.1) is 0 Å². The summed E-state index contributed by atoms with van der Waals surface area (Å²) in [5, 5.41) is 2.88. The maximum Gasteiger partial charge on any atom is 0.231 e. The van der Waals surface area contributed by atoms with Crippen LogP contribution in [0.4, 0.5) is 11.4 Å². The molecule has 2 aliphatic heterocycles. The monoisotopic (exact) mass is 379 g/mol. The summed E-state index contributed by atoms with van der Waals surface area (Å²) in [5.74, 6) is 1.10. The second kappa shape index (κ2) is 6.26. The minimum absolute atomic E-state index is 0.0957. The zero-order valence-electron chi connectivity index (χ0n) is 15.1. The molecule has 0 saturated carbocycles. The van der Waals surface area contributed by atoms with Crippen LogP contribution in [0.3, 0.4) is 0 Å². The highest BCUT2D eigenvalue weighted by Gasteiger charge is 2.35. The molecule has 0 unspecified atom stereocenters. The van der Waals surface area contributed by atoms with Crippen LogP contribution < -0.4 is 19.7 Å². The molecule has 0 spiro atoms. The van der Waals surface area contributed by atoms with Gasteiger partial charge >= 0.3 is 0 Å². The van der Waals surface area contributed by atoms with E-state index in [9.17, 15) is 9.59 Å². The van der Waals surface area contributed by atoms with Crippen LogP contribution in [0.5, 0.6) is 11.5 Å². The number of aryl methyl sites for hydroxylation is 1. The zero-order chi connectivity index (χ0) is 19.3. The number of nitrogens with one attached hydrogen (secondary N) is 1. The van der Waals surface area contributed by atoms with Gasteiger partial charge in [-0.2, -0.15) is 0 Å². The van der Waals surface area contributed by atoms with E-state index in [0.29, 0.717) is 46.4 Å². The number of rotatable bonds is 3. The largest absolute Gasteiger partial charge is 0.454 e. The number of benzene rings is 2. The summed E-state index contributed by atoms with van der Waals surface area (Å²) in [6.45, 7) is 2.26. The lowest BCUT2D eigenvalue weighted by atomic mass is 10.1. The molecule has 2 aliphatic rings. The van der Waals surface area contributed by atoms with Crippen LogP contribution in [0.1, 0.15) is 12.3 Å². The number of carbonyl (C=O) groups is 2. The Labute approximate surface area is 160 Å². The molecule has 2 amide bonds. The fraction of sp³-hybridized carbons (Fsp3) is 0.250. The number of hydrogen-bond acceptors (Lipinski definition) is 6. The molecule has 1 fully saturated rings. The van der Waals surface area contributed by atoms with Gasteiger partial charge in [0.2, 0.25) is 18.6 Å². The molecule has 5 rings (SSSR count). The normalized spacial score (nSPS) is 18.1. The summed E-state index contributed by atoms with van der Waals surface area (Å²) in [6, 6.07) is 10.6. The Morgan fingerprint density at radius 2 is 2.04 bits per heavy atom. The molecular formula is C20H17N3O5. The molecule has 2 aromatic carbocycles. The van der Waals surface area contributed by atoms with Crippen LogP contribution in [0.15, 0.2) is 40.8 Å². The molecule has 142 valence electrons. The third-order valence-corrected chi connectivity index (χ3v) is 4.93. The summed E-state index contributed by atoms with van der Waals surface area (Å²) in [7, 11) is 0. The number of aromatic nitrogens is 1. The number of amides is 2. The number of carbonyl (C=O) groups excluding carboxylic acids is 2. The van der Waals surface area contributed by atoms with Crippen molar-refractivity contribution in [1.29, 1.82) is 0 Å². The topological polar surface area (TPSA) is 93.9 Å². The number of oxazole rings is 1. The van der Waals surface area contributed by atoms with Crippen molar-refractivity contribution in [1.82, 2.24) is 4.98 Å². The van der Waals surface area contributed by atoms with Crippen molar-refractivity contribution in [3.05, 3.63) is 42.3 Å². The average molecular weight is 379 g/mol. The Kier molecular flexibility index (Phi) is 3.71. The van der Waals surface area contributed by atoms with Gasteiger partial charge in [0, 0.05) is 37.3 Å². The zero-order valence-corrected chi connectivity index (χ0v) is 15.1. The number of nitrogens with zero attached hydrogens (tertiary/aromatic N) is 2. The van der Waals surface area contributed by atoms with E-state index in [1.807, 2.05) is 0 Å². The minimum Gasteiger partial charge on any atom is -0.454 e. The Hall–Kier alpha value is -3.55. The molecule has 1 N–H and O–H groups in total. The summed E-state index contributed by atoms with van der Waals surface area (Å²) in [6.07, 6.45) is 0.158. The first-order chi connectivity index (χ1) is 13.6. The molecule has 28 heavy (non-hydrogen) atoms. The molecule has 1 saturated heterocycles. The van der Waals surface area contributed by atoms with E-state index in [1.54, 1.807) is 48.2 Å². The van der Waals surface area contributed by atoms with E-state index in [1.165, 1.54) is 0 Å². The first kappa shape index (κ1) is 16.6. The molecule has 8 nitrogen and oxygen atoms in total. The van der Waals surface area contributed by atoms with Crippen LogP contribution >= 0.6 is 0 Å². The maximum absolute atomic E-state index is 12.7. The first-order valence-electron chi connectivity index (χ1n) is 8.95. The molecule has 1 atom stereocenters. The van der Waals surface area contributed by atoms with E-state index >= 15 is 0 Å². The van der Waals surface area contributed by atoms with Crippen LogP contribution in [-0.4, -0.2) is 30.1 Å². The van der Waals surface area contributed by atoms with Gasteiger partial charge < -0.3 is 24.1 Å². The lowest BCUT2D eigenvalue weighted by Crippen LogP contribution is -2.28. The molecule has 0 bridgehead atoms. The molecular weight excluding hydrogens is 362 g/mol. The molecule has 1 aromatic heterocycles. The van der Waals surface area contributed by atoms with Crippen LogP contribution in [0.25, 0.3) is 11.1 Å². The van der Waals surface area contributed by atoms with Gasteiger partial charge in [-0.1, -0.05) is 0 Å². The van der Waals surface area contributed by atoms with Gasteiger partial charge in [0.05, 0.1) is 5.92 Å². The van der Waals surface area contributed by atoms with Gasteiger partial charge in [0.1, 0.15) is 5.52 Å². The first-order valence-corrected chi connectivity index (χ1v) is 8.95. The van der Waals surface area contributed by atoms with E-state index in [4.69, 9.17) is 13.9 Å². The Morgan fingerprint density at radius 1 is 1.18 bits per heavy atom. The standard InChI is InChI=1S/C20H17N3O5/c1-11-21-15-7-13(2-4-16(15)28-11)22-20(25)12-6-19(24)23(9-12)14-3-5-17-18(8-14)27-10-26-17/h2-5,7-8,12H,6,9-10H2,1H3,(H,22,25)/t12-/m0/s1. The second-order valence-electron chi connectivity index (χ2n) is 6.85. The van der Waals surface area contributed by atoms with Crippen molar-refractivity contribution in [3.63, 3.8) is 0 Å². The average Bonchev–Trinajstić information content (AvgIpc) is 3.37. The fourth-order valence-electron chi connectivity index (χ4n) is 3.55. The minimum atomic E-state index is -0.437. The Bertz CT molecular complexity index is 1110. The highest BCUT2D eigenvalue weighted by molar-refractivity contribution is 6.04. The van der Waals surface area contributed by atoms with Crippen molar-refractivity contribution in [2.75, 3.05) is 23.6 Å². The van der Waals surface area contributed by atoms with Crippen molar-refractivity contribution < 1.29 is 23.5 Å². The van der Waals surface area contributed by atoms with Crippen LogP contribution in [0.2, 0.25) is 0 Å². The van der Waals surface area contributed by atoms with Gasteiger partial charge in [-0.05, 0) is 30.3 Å². The van der Waals surface area contributed by atoms with Crippen LogP contribution in [-0.2, 0) is 9.59 Å². The van der Waals surface area contributed by atoms with Crippen molar-refractivity contribution in [2.45, 2.75) is 13.3 Å². The highest BCUT2D eigenvalue weighted by Crippen LogP contribution is 2.37. The third-order valence-electron chi connectivity index (χ3n) is 4.93. The smallest absolute Gasteiger partial charge is 0.231 e. The van der Waals surface area contributed by atoms with Crippen molar-refractivity contribution in [2.24, 2.45) is 5.92 Å². The summed E-state index contributed by atoms with van der Waals surface area (Å²) < 4.78 is 16.1. The number of hydrogen-bond donors (Lipinski definition) is 1. The van der Waals surface area contributed by atoms with Crippen molar-refractivity contribution >= 4 is 34.3 Å². The van der Waals surface area contributed by atoms with E-state index in [2.05, 4.69) is 10.3 Å². The summed E-state index contributed by atoms with van der Waals surface area (Å²) >= 11 is 0.